The number of oxime groups is 1. The summed E-state index contributed by atoms with van der Waals surface area (Å²) >= 11 is 0. The molecule has 21 heavy (non-hydrogen) atoms. The van der Waals surface area contributed by atoms with Crippen LogP contribution >= 0.6 is 0 Å². The van der Waals surface area contributed by atoms with Crippen molar-refractivity contribution in [2.45, 2.75) is 6.54 Å². The van der Waals surface area contributed by atoms with E-state index in [2.05, 4.69) is 32.2 Å². The summed E-state index contributed by atoms with van der Waals surface area (Å²) in [6.45, 7) is 1.97. The topological polar surface area (TPSA) is 93.8 Å². The molecule has 112 valence electrons. The second-order valence-electron chi connectivity index (χ2n) is 5.18. The van der Waals surface area contributed by atoms with Gasteiger partial charge in [0, 0.05) is 31.1 Å². The number of hydrogen-bond donors (Lipinski definition) is 1. The Hall–Kier alpha value is -2.08. The molecule has 1 N–H and O–H groups in total. The van der Waals surface area contributed by atoms with E-state index in [0.717, 1.165) is 12.3 Å². The first-order valence-electron chi connectivity index (χ1n) is 6.72. The van der Waals surface area contributed by atoms with E-state index in [4.69, 9.17) is 10.4 Å². The minimum Gasteiger partial charge on any atom is -0.399 e. The fourth-order valence-electron chi connectivity index (χ4n) is 2.64. The van der Waals surface area contributed by atoms with Gasteiger partial charge >= 0.3 is 0 Å². The molecule has 1 saturated heterocycles. The number of aliphatic hydroxyl groups excluding tert-OH is 1. The maximum atomic E-state index is 9.78. The van der Waals surface area contributed by atoms with Crippen molar-refractivity contribution in [2.75, 3.05) is 33.4 Å². The van der Waals surface area contributed by atoms with Gasteiger partial charge in [0.05, 0.1) is 17.7 Å². The van der Waals surface area contributed by atoms with Gasteiger partial charge in [0.2, 0.25) is 0 Å². The van der Waals surface area contributed by atoms with Crippen LogP contribution in [0.1, 0.15) is 5.56 Å². The number of azide groups is 1. The fourth-order valence-corrected chi connectivity index (χ4v) is 2.64. The van der Waals surface area contributed by atoms with Crippen LogP contribution in [-0.2, 0) is 11.4 Å². The molecule has 1 aromatic carbocycles. The third-order valence-corrected chi connectivity index (χ3v) is 3.70. The maximum absolute atomic E-state index is 9.78. The first kappa shape index (κ1) is 15.3. The lowest BCUT2D eigenvalue weighted by atomic mass is 9.86. The van der Waals surface area contributed by atoms with Crippen molar-refractivity contribution in [1.29, 1.82) is 0 Å². The highest BCUT2D eigenvalue weighted by Crippen LogP contribution is 2.30. The van der Waals surface area contributed by atoms with Gasteiger partial charge in [0.25, 0.3) is 0 Å². The van der Waals surface area contributed by atoms with E-state index < -0.39 is 5.41 Å². The van der Waals surface area contributed by atoms with Crippen LogP contribution in [0.25, 0.3) is 10.4 Å². The van der Waals surface area contributed by atoms with E-state index in [1.807, 2.05) is 18.2 Å². The summed E-state index contributed by atoms with van der Waals surface area (Å²) in [5, 5.41) is 17.4. The van der Waals surface area contributed by atoms with Crippen LogP contribution in [-0.4, -0.2) is 49.1 Å². The van der Waals surface area contributed by atoms with E-state index in [9.17, 15) is 5.11 Å². The summed E-state index contributed by atoms with van der Waals surface area (Å²) in [6, 6.07) is 10.1. The molecule has 0 aliphatic carbocycles. The van der Waals surface area contributed by atoms with Gasteiger partial charge < -0.3 is 9.94 Å². The van der Waals surface area contributed by atoms with Crippen LogP contribution in [0.15, 0.2) is 40.6 Å². The molecular weight excluding hydrogens is 270 g/mol. The molecule has 0 aromatic heterocycles. The summed E-state index contributed by atoms with van der Waals surface area (Å²) in [4.78, 5) is 9.84. The van der Waals surface area contributed by atoms with Crippen molar-refractivity contribution in [3.05, 3.63) is 46.3 Å². The maximum Gasteiger partial charge on any atom is 0.106 e. The van der Waals surface area contributed by atoms with Gasteiger partial charge in [-0.3, -0.25) is 4.90 Å². The predicted octanol–water partition coefficient (Wildman–Crippen LogP) is 1.79. The standard InChI is InChI=1S/C14H19N5O2/c1-21-17-13-8-19(7-12-5-3-2-4-6-12)10-14(13,11-20)9-16-18-15/h2-6,20H,7-11H2,1H3/b17-13+. The van der Waals surface area contributed by atoms with Crippen LogP contribution in [0.3, 0.4) is 0 Å². The smallest absolute Gasteiger partial charge is 0.106 e. The first-order valence-corrected chi connectivity index (χ1v) is 6.72. The van der Waals surface area contributed by atoms with Crippen LogP contribution in [0, 0.1) is 5.41 Å². The number of nitrogens with zero attached hydrogens (tertiary/aromatic N) is 5. The zero-order valence-electron chi connectivity index (χ0n) is 12.0. The SMILES string of the molecule is CO/N=C1\CN(Cc2ccccc2)CC1(CO)CN=[N+]=[N-]. The summed E-state index contributed by atoms with van der Waals surface area (Å²) < 4.78 is 0. The average Bonchev–Trinajstić information content (AvgIpc) is 2.85. The molecule has 1 aromatic rings. The third kappa shape index (κ3) is 3.52. The van der Waals surface area contributed by atoms with E-state index >= 15 is 0 Å². The molecule has 7 heteroatoms. The highest BCUT2D eigenvalue weighted by atomic mass is 16.6. The molecule has 1 unspecified atom stereocenters. The van der Waals surface area contributed by atoms with Crippen molar-refractivity contribution in [3.63, 3.8) is 0 Å². The highest BCUT2D eigenvalue weighted by Gasteiger charge is 2.43. The Morgan fingerprint density at radius 2 is 2.19 bits per heavy atom. The molecule has 0 spiro atoms. The Labute approximate surface area is 123 Å². The lowest BCUT2D eigenvalue weighted by molar-refractivity contribution is 0.159. The fraction of sp³-hybridized carbons (Fsp3) is 0.500. The zero-order valence-corrected chi connectivity index (χ0v) is 12.0. The molecule has 0 radical (unpaired) electrons. The van der Waals surface area contributed by atoms with Crippen LogP contribution < -0.4 is 0 Å². The summed E-state index contributed by atoms with van der Waals surface area (Å²) in [5.41, 5.74) is 9.80. The molecule has 1 aliphatic heterocycles. The molecule has 1 atom stereocenters. The molecule has 0 bridgehead atoms. The van der Waals surface area contributed by atoms with Gasteiger partial charge in [0.1, 0.15) is 7.11 Å². The first-order chi connectivity index (χ1) is 10.2. The van der Waals surface area contributed by atoms with Crippen LogP contribution in [0.4, 0.5) is 0 Å². The predicted molar refractivity (Wildman–Crippen MR) is 79.7 cm³/mol. The average molecular weight is 289 g/mol. The molecule has 0 saturated carbocycles. The summed E-state index contributed by atoms with van der Waals surface area (Å²) in [7, 11) is 1.47. The van der Waals surface area contributed by atoms with Crippen molar-refractivity contribution < 1.29 is 9.94 Å². The number of rotatable bonds is 6. The van der Waals surface area contributed by atoms with Gasteiger partial charge in [-0.05, 0) is 11.1 Å². The Balaban J connectivity index is 2.17. The van der Waals surface area contributed by atoms with E-state index in [1.54, 1.807) is 0 Å². The van der Waals surface area contributed by atoms with Crippen molar-refractivity contribution in [2.24, 2.45) is 15.7 Å². The number of likely N-dealkylation sites (tertiary alicyclic amines) is 1. The molecule has 1 heterocycles. The van der Waals surface area contributed by atoms with Crippen LogP contribution in [0.5, 0.6) is 0 Å². The van der Waals surface area contributed by atoms with E-state index in [1.165, 1.54) is 12.7 Å². The molecule has 2 rings (SSSR count). The Bertz CT molecular complexity index is 542. The summed E-state index contributed by atoms with van der Waals surface area (Å²) in [5.74, 6) is 0. The molecule has 0 amide bonds. The van der Waals surface area contributed by atoms with E-state index in [-0.39, 0.29) is 13.2 Å². The van der Waals surface area contributed by atoms with Crippen molar-refractivity contribution in [1.82, 2.24) is 4.90 Å². The largest absolute Gasteiger partial charge is 0.399 e. The minimum atomic E-state index is -0.656. The minimum absolute atomic E-state index is 0.125. The number of hydrogen-bond acceptors (Lipinski definition) is 5. The second-order valence-corrected chi connectivity index (χ2v) is 5.18. The van der Waals surface area contributed by atoms with Crippen molar-refractivity contribution in [3.8, 4) is 0 Å². The van der Waals surface area contributed by atoms with Crippen molar-refractivity contribution >= 4 is 5.71 Å². The lowest BCUT2D eigenvalue weighted by Gasteiger charge is -2.25. The van der Waals surface area contributed by atoms with Gasteiger partial charge in [0.15, 0.2) is 0 Å². The van der Waals surface area contributed by atoms with E-state index in [0.29, 0.717) is 13.1 Å². The molecule has 1 aliphatic rings. The Morgan fingerprint density at radius 1 is 1.43 bits per heavy atom. The molecule has 7 nitrogen and oxygen atoms in total. The van der Waals surface area contributed by atoms with Crippen LogP contribution in [0.2, 0.25) is 0 Å². The highest BCUT2D eigenvalue weighted by molar-refractivity contribution is 5.94. The quantitative estimate of drug-likeness (QED) is 0.374. The van der Waals surface area contributed by atoms with Gasteiger partial charge in [-0.15, -0.1) is 0 Å². The third-order valence-electron chi connectivity index (χ3n) is 3.70. The lowest BCUT2D eigenvalue weighted by Crippen LogP contribution is -2.38. The zero-order chi connectivity index (χ0) is 15.1. The Kier molecular flexibility index (Phi) is 5.16. The Morgan fingerprint density at radius 3 is 2.81 bits per heavy atom. The normalized spacial score (nSPS) is 24.0. The molecule has 1 fully saturated rings. The van der Waals surface area contributed by atoms with Gasteiger partial charge in [-0.25, -0.2) is 0 Å². The number of aliphatic hydroxyl groups is 1. The number of benzene rings is 1. The van der Waals surface area contributed by atoms with Gasteiger partial charge in [-0.1, -0.05) is 40.6 Å². The summed E-state index contributed by atoms with van der Waals surface area (Å²) in [6.07, 6.45) is 0. The monoisotopic (exact) mass is 289 g/mol. The molecular formula is C14H19N5O2. The second kappa shape index (κ2) is 7.08. The van der Waals surface area contributed by atoms with Gasteiger partial charge in [-0.2, -0.15) is 0 Å².